The van der Waals surface area contributed by atoms with Gasteiger partial charge in [-0.05, 0) is 37.3 Å². The lowest BCUT2D eigenvalue weighted by atomic mass is 10.2. The topological polar surface area (TPSA) is 66.3 Å². The van der Waals surface area contributed by atoms with Crippen molar-refractivity contribution in [3.05, 3.63) is 72.2 Å². The van der Waals surface area contributed by atoms with Crippen LogP contribution in [0.15, 0.2) is 60.8 Å². The van der Waals surface area contributed by atoms with Crippen LogP contribution in [0.1, 0.15) is 11.4 Å². The number of piperazine rings is 1. The van der Waals surface area contributed by atoms with Gasteiger partial charge < -0.3 is 10.2 Å². The summed E-state index contributed by atoms with van der Waals surface area (Å²) in [7, 11) is 0. The lowest BCUT2D eigenvalue weighted by Crippen LogP contribution is -2.50. The van der Waals surface area contributed by atoms with E-state index in [1.807, 2.05) is 72.4 Å². The largest absolute Gasteiger partial charge is 0.354 e. The Bertz CT molecular complexity index is 932. The molecule has 0 bridgehead atoms. The Hall–Kier alpha value is -3.19. The Morgan fingerprint density at radius 3 is 2.52 bits per heavy atom. The first kappa shape index (κ1) is 19.1. The summed E-state index contributed by atoms with van der Waals surface area (Å²) in [5.74, 6) is 1.01. The van der Waals surface area contributed by atoms with E-state index in [9.17, 15) is 4.79 Å². The van der Waals surface area contributed by atoms with Gasteiger partial charge in [0, 0.05) is 38.1 Å². The highest BCUT2D eigenvalue weighted by molar-refractivity contribution is 5.78. The third-order valence-corrected chi connectivity index (χ3v) is 5.13. The first-order valence-corrected chi connectivity index (χ1v) is 9.95. The van der Waals surface area contributed by atoms with Crippen LogP contribution in [0.25, 0.3) is 5.69 Å². The number of hydrogen-bond acceptors (Lipinski definition) is 5. The maximum atomic E-state index is 12.4. The molecule has 7 nitrogen and oxygen atoms in total. The van der Waals surface area contributed by atoms with E-state index in [0.717, 1.165) is 49.1 Å². The van der Waals surface area contributed by atoms with E-state index in [1.54, 1.807) is 0 Å². The molecule has 0 aliphatic carbocycles. The summed E-state index contributed by atoms with van der Waals surface area (Å²) in [4.78, 5) is 21.3. The van der Waals surface area contributed by atoms with E-state index >= 15 is 0 Å². The third kappa shape index (κ3) is 4.81. The maximum absolute atomic E-state index is 12.4. The molecular weight excluding hydrogens is 364 g/mol. The number of aromatic nitrogens is 3. The molecule has 4 rings (SSSR count). The first-order chi connectivity index (χ1) is 14.2. The van der Waals surface area contributed by atoms with Gasteiger partial charge in [0.15, 0.2) is 0 Å². The van der Waals surface area contributed by atoms with Crippen molar-refractivity contribution in [1.82, 2.24) is 25.0 Å². The van der Waals surface area contributed by atoms with Crippen molar-refractivity contribution in [2.75, 3.05) is 37.7 Å². The number of rotatable bonds is 6. The van der Waals surface area contributed by atoms with Gasteiger partial charge in [-0.1, -0.05) is 24.3 Å². The molecule has 0 saturated carbocycles. The molecule has 150 valence electrons. The molecule has 0 unspecified atom stereocenters. The number of nitrogens with one attached hydrogen (secondary N) is 1. The van der Waals surface area contributed by atoms with Gasteiger partial charge >= 0.3 is 0 Å². The van der Waals surface area contributed by atoms with Gasteiger partial charge in [0.05, 0.1) is 24.5 Å². The SMILES string of the molecule is Cc1cc(CC(=O)NCN2CCN(c3ccccn3)CC2)nn1-c1ccccc1. The van der Waals surface area contributed by atoms with Gasteiger partial charge in [-0.15, -0.1) is 0 Å². The molecule has 7 heteroatoms. The number of amides is 1. The fourth-order valence-corrected chi connectivity index (χ4v) is 3.56. The van der Waals surface area contributed by atoms with Crippen LogP contribution >= 0.6 is 0 Å². The van der Waals surface area contributed by atoms with Crippen LogP contribution in [0.4, 0.5) is 5.82 Å². The van der Waals surface area contributed by atoms with Crippen LogP contribution in [0, 0.1) is 6.92 Å². The fourth-order valence-electron chi connectivity index (χ4n) is 3.56. The van der Waals surface area contributed by atoms with Gasteiger partial charge in [0.25, 0.3) is 0 Å². The van der Waals surface area contributed by atoms with Crippen LogP contribution in [0.5, 0.6) is 0 Å². The van der Waals surface area contributed by atoms with Crippen LogP contribution < -0.4 is 10.2 Å². The Kier molecular flexibility index (Phi) is 5.86. The number of nitrogens with zero attached hydrogens (tertiary/aromatic N) is 5. The normalized spacial score (nSPS) is 14.7. The molecule has 1 aromatic carbocycles. The highest BCUT2D eigenvalue weighted by Gasteiger charge is 2.18. The van der Waals surface area contributed by atoms with Crippen molar-refractivity contribution < 1.29 is 4.79 Å². The summed E-state index contributed by atoms with van der Waals surface area (Å²) < 4.78 is 1.87. The summed E-state index contributed by atoms with van der Waals surface area (Å²) in [6, 6.07) is 17.9. The number of para-hydroxylation sites is 1. The molecule has 0 atom stereocenters. The van der Waals surface area contributed by atoms with Crippen molar-refractivity contribution >= 4 is 11.7 Å². The first-order valence-electron chi connectivity index (χ1n) is 9.95. The number of aryl methyl sites for hydroxylation is 1. The zero-order valence-electron chi connectivity index (χ0n) is 16.7. The molecule has 1 fully saturated rings. The minimum absolute atomic E-state index is 0.00475. The molecule has 1 amide bonds. The molecule has 1 N–H and O–H groups in total. The van der Waals surface area contributed by atoms with Gasteiger partial charge in [0.1, 0.15) is 5.82 Å². The minimum atomic E-state index is -0.00475. The summed E-state index contributed by atoms with van der Waals surface area (Å²) in [5.41, 5.74) is 2.80. The van der Waals surface area contributed by atoms with Gasteiger partial charge in [-0.2, -0.15) is 5.10 Å². The average Bonchev–Trinajstić information content (AvgIpc) is 3.14. The molecule has 2 aromatic heterocycles. The van der Waals surface area contributed by atoms with E-state index in [2.05, 4.69) is 25.2 Å². The number of pyridine rings is 1. The summed E-state index contributed by atoms with van der Waals surface area (Å²) in [6.45, 7) is 6.19. The van der Waals surface area contributed by atoms with Crippen molar-refractivity contribution in [1.29, 1.82) is 0 Å². The van der Waals surface area contributed by atoms with Crippen molar-refractivity contribution in [3.63, 3.8) is 0 Å². The van der Waals surface area contributed by atoms with E-state index in [4.69, 9.17) is 0 Å². The van der Waals surface area contributed by atoms with E-state index in [-0.39, 0.29) is 12.3 Å². The van der Waals surface area contributed by atoms with Crippen molar-refractivity contribution in [2.45, 2.75) is 13.3 Å². The van der Waals surface area contributed by atoms with Crippen molar-refractivity contribution in [3.8, 4) is 5.69 Å². The Morgan fingerprint density at radius 1 is 1.03 bits per heavy atom. The molecule has 0 spiro atoms. The van der Waals surface area contributed by atoms with E-state index < -0.39 is 0 Å². The monoisotopic (exact) mass is 390 g/mol. The number of anilines is 1. The molecule has 29 heavy (non-hydrogen) atoms. The Labute approximate surface area is 171 Å². The predicted molar refractivity (Wildman–Crippen MR) is 113 cm³/mol. The predicted octanol–water partition coefficient (Wildman–Crippen LogP) is 2.01. The van der Waals surface area contributed by atoms with Crippen LogP contribution in [0.3, 0.4) is 0 Å². The zero-order valence-corrected chi connectivity index (χ0v) is 16.7. The summed E-state index contributed by atoms with van der Waals surface area (Å²) >= 11 is 0. The van der Waals surface area contributed by atoms with Crippen molar-refractivity contribution in [2.24, 2.45) is 0 Å². The second-order valence-electron chi connectivity index (χ2n) is 7.25. The van der Waals surface area contributed by atoms with Crippen LogP contribution in [-0.2, 0) is 11.2 Å². The Morgan fingerprint density at radius 2 is 1.79 bits per heavy atom. The molecule has 3 aromatic rings. The molecule has 0 radical (unpaired) electrons. The fraction of sp³-hybridized carbons (Fsp3) is 0.318. The van der Waals surface area contributed by atoms with E-state index in [1.165, 1.54) is 0 Å². The molecule has 1 saturated heterocycles. The quantitative estimate of drug-likeness (QED) is 0.698. The van der Waals surface area contributed by atoms with E-state index in [0.29, 0.717) is 6.67 Å². The molecule has 1 aliphatic heterocycles. The van der Waals surface area contributed by atoms with Gasteiger partial charge in [-0.25, -0.2) is 9.67 Å². The standard InChI is InChI=1S/C22H26N6O/c1-18-15-19(25-28(18)20-7-3-2-4-8-20)16-22(29)24-17-26-11-13-27(14-12-26)21-9-5-6-10-23-21/h2-10,15H,11-14,16-17H2,1H3,(H,24,29). The molecule has 3 heterocycles. The lowest BCUT2D eigenvalue weighted by Gasteiger charge is -2.35. The number of carbonyl (C=O) groups is 1. The number of benzene rings is 1. The molecule has 1 aliphatic rings. The zero-order chi connectivity index (χ0) is 20.1. The minimum Gasteiger partial charge on any atom is -0.354 e. The second kappa shape index (κ2) is 8.87. The average molecular weight is 390 g/mol. The number of carbonyl (C=O) groups excluding carboxylic acids is 1. The lowest BCUT2D eigenvalue weighted by molar-refractivity contribution is -0.121. The van der Waals surface area contributed by atoms with Gasteiger partial charge in [-0.3, -0.25) is 9.69 Å². The highest BCUT2D eigenvalue weighted by atomic mass is 16.1. The van der Waals surface area contributed by atoms with Crippen LogP contribution in [0.2, 0.25) is 0 Å². The van der Waals surface area contributed by atoms with Crippen LogP contribution in [-0.4, -0.2) is 58.4 Å². The highest BCUT2D eigenvalue weighted by Crippen LogP contribution is 2.13. The Balaban J connectivity index is 1.25. The number of hydrogen-bond donors (Lipinski definition) is 1. The third-order valence-electron chi connectivity index (χ3n) is 5.13. The smallest absolute Gasteiger partial charge is 0.227 e. The maximum Gasteiger partial charge on any atom is 0.227 e. The summed E-state index contributed by atoms with van der Waals surface area (Å²) in [5, 5.41) is 7.61. The van der Waals surface area contributed by atoms with Gasteiger partial charge in [0.2, 0.25) is 5.91 Å². The summed E-state index contributed by atoms with van der Waals surface area (Å²) in [6.07, 6.45) is 2.11. The molecular formula is C22H26N6O. The second-order valence-corrected chi connectivity index (χ2v) is 7.25.